The van der Waals surface area contributed by atoms with E-state index in [4.69, 9.17) is 21.1 Å². The van der Waals surface area contributed by atoms with Crippen LogP contribution in [0.15, 0.2) is 50.4 Å². The minimum atomic E-state index is -3.67. The van der Waals surface area contributed by atoms with E-state index in [1.54, 1.807) is 24.6 Å². The quantitative estimate of drug-likeness (QED) is 0.345. The average molecular weight is 580 g/mol. The van der Waals surface area contributed by atoms with Crippen molar-refractivity contribution < 1.29 is 12.9 Å². The Morgan fingerprint density at radius 2 is 2.09 bits per heavy atom. The number of piperidine rings is 1. The van der Waals surface area contributed by atoms with Gasteiger partial charge >= 0.3 is 0 Å². The molecule has 1 aromatic carbocycles. The highest BCUT2D eigenvalue weighted by Crippen LogP contribution is 2.31. The highest BCUT2D eigenvalue weighted by atomic mass is 79.9. The predicted octanol–water partition coefficient (Wildman–Crippen LogP) is 4.93. The average Bonchev–Trinajstić information content (AvgIpc) is 3.39. The van der Waals surface area contributed by atoms with Crippen LogP contribution in [0, 0.1) is 19.8 Å². The largest absolute Gasteiger partial charge is 0.370 e. The predicted molar refractivity (Wildman–Crippen MR) is 137 cm³/mol. The van der Waals surface area contributed by atoms with Crippen molar-refractivity contribution in [3.05, 3.63) is 57.5 Å². The summed E-state index contributed by atoms with van der Waals surface area (Å²) in [6.07, 6.45) is 3.39. The summed E-state index contributed by atoms with van der Waals surface area (Å²) in [6.45, 7) is 4.74. The summed E-state index contributed by atoms with van der Waals surface area (Å²) >= 11 is 9.95. The van der Waals surface area contributed by atoms with Gasteiger partial charge in [0.05, 0.1) is 16.4 Å². The molecule has 4 heterocycles. The number of nitrogens with one attached hydrogen (secondary N) is 1. The van der Waals surface area contributed by atoms with Crippen molar-refractivity contribution >= 4 is 49.0 Å². The number of aryl methyl sites for hydroxylation is 2. The van der Waals surface area contributed by atoms with Gasteiger partial charge in [-0.15, -0.1) is 0 Å². The van der Waals surface area contributed by atoms with Gasteiger partial charge in [0.25, 0.3) is 0 Å². The first-order chi connectivity index (χ1) is 16.8. The number of hydrogen-bond acceptors (Lipinski definition) is 7. The molecule has 4 aromatic rings. The van der Waals surface area contributed by atoms with Crippen LogP contribution >= 0.6 is 27.5 Å². The molecule has 1 aliphatic rings. The molecular formula is C23H24BrClN6O3S. The van der Waals surface area contributed by atoms with Crippen LogP contribution < -0.4 is 5.32 Å². The number of fused-ring (bicyclic) bond motifs is 1. The summed E-state index contributed by atoms with van der Waals surface area (Å²) in [6, 6.07) is 9.46. The first-order valence-corrected chi connectivity index (χ1v) is 13.8. The number of benzene rings is 1. The minimum absolute atomic E-state index is 0.116. The van der Waals surface area contributed by atoms with E-state index < -0.39 is 10.0 Å². The minimum Gasteiger partial charge on any atom is -0.370 e. The number of sulfonamides is 1. The molecule has 1 unspecified atom stereocenters. The zero-order chi connectivity index (χ0) is 24.7. The third-order valence-electron chi connectivity index (χ3n) is 6.20. The van der Waals surface area contributed by atoms with Crippen molar-refractivity contribution in [3.8, 4) is 11.3 Å². The van der Waals surface area contributed by atoms with Crippen LogP contribution in [0.25, 0.3) is 16.9 Å². The van der Waals surface area contributed by atoms with E-state index in [1.165, 1.54) is 4.31 Å². The fraction of sp³-hybridized carbons (Fsp3) is 0.348. The van der Waals surface area contributed by atoms with Crippen LogP contribution in [0.5, 0.6) is 0 Å². The molecule has 0 amide bonds. The maximum absolute atomic E-state index is 13.3. The SMILES string of the molecule is Cc1noc(C)c1S(=O)(=O)N1CCCC(CNc2cc(-c3ccccc3Cl)nc3c(Br)cnn23)C1. The van der Waals surface area contributed by atoms with Crippen LogP contribution in [0.1, 0.15) is 24.3 Å². The fourth-order valence-electron chi connectivity index (χ4n) is 4.50. The normalized spacial score (nSPS) is 17.2. The number of anilines is 1. The highest BCUT2D eigenvalue weighted by molar-refractivity contribution is 9.10. The summed E-state index contributed by atoms with van der Waals surface area (Å²) in [7, 11) is -3.67. The van der Waals surface area contributed by atoms with E-state index in [1.807, 2.05) is 30.3 Å². The summed E-state index contributed by atoms with van der Waals surface area (Å²) in [5, 5.41) is 12.3. The fourth-order valence-corrected chi connectivity index (χ4v) is 6.93. The first kappa shape index (κ1) is 24.2. The Morgan fingerprint density at radius 3 is 2.83 bits per heavy atom. The Bertz CT molecular complexity index is 1480. The van der Waals surface area contributed by atoms with Gasteiger partial charge in [-0.25, -0.2) is 13.4 Å². The van der Waals surface area contributed by atoms with Crippen molar-refractivity contribution in [1.82, 2.24) is 24.1 Å². The number of rotatable bonds is 6. The van der Waals surface area contributed by atoms with Crippen LogP contribution in [0.4, 0.5) is 5.82 Å². The van der Waals surface area contributed by atoms with Gasteiger partial charge in [-0.2, -0.15) is 13.9 Å². The molecule has 0 radical (unpaired) electrons. The van der Waals surface area contributed by atoms with E-state index in [2.05, 4.69) is 31.5 Å². The van der Waals surface area contributed by atoms with E-state index in [9.17, 15) is 8.42 Å². The second-order valence-corrected chi connectivity index (χ2v) is 11.8. The van der Waals surface area contributed by atoms with Gasteiger partial charge in [-0.1, -0.05) is 35.0 Å². The van der Waals surface area contributed by atoms with Gasteiger partial charge in [-0.3, -0.25) is 0 Å². The van der Waals surface area contributed by atoms with Crippen LogP contribution in [-0.4, -0.2) is 52.1 Å². The molecule has 0 saturated carbocycles. The molecule has 5 rings (SSSR count). The van der Waals surface area contributed by atoms with Gasteiger partial charge in [0.2, 0.25) is 10.0 Å². The lowest BCUT2D eigenvalue weighted by molar-refractivity contribution is 0.274. The van der Waals surface area contributed by atoms with E-state index in [-0.39, 0.29) is 10.8 Å². The Balaban J connectivity index is 1.39. The van der Waals surface area contributed by atoms with Crippen molar-refractivity contribution in [2.24, 2.45) is 5.92 Å². The van der Waals surface area contributed by atoms with E-state index >= 15 is 0 Å². The van der Waals surface area contributed by atoms with Crippen molar-refractivity contribution in [3.63, 3.8) is 0 Å². The molecule has 12 heteroatoms. The van der Waals surface area contributed by atoms with Gasteiger partial charge in [-0.05, 0) is 54.6 Å². The first-order valence-electron chi connectivity index (χ1n) is 11.2. The van der Waals surface area contributed by atoms with Gasteiger partial charge in [0, 0.05) is 36.3 Å². The van der Waals surface area contributed by atoms with E-state index in [0.29, 0.717) is 41.8 Å². The maximum atomic E-state index is 13.3. The van der Waals surface area contributed by atoms with Crippen molar-refractivity contribution in [2.45, 2.75) is 31.6 Å². The molecule has 1 aliphatic heterocycles. The summed E-state index contributed by atoms with van der Waals surface area (Å²) < 4.78 is 35.7. The van der Waals surface area contributed by atoms with Crippen molar-refractivity contribution in [2.75, 3.05) is 25.0 Å². The highest BCUT2D eigenvalue weighted by Gasteiger charge is 2.34. The molecule has 0 aliphatic carbocycles. The standard InChI is InChI=1S/C23H24BrClN6O3S/c1-14-22(15(2)34-29-14)35(32,33)30-9-5-6-16(13-30)11-26-21-10-20(17-7-3-4-8-19(17)25)28-23-18(24)12-27-31(21)23/h3-4,7-8,10,12,16,26H,5-6,9,11,13H2,1-2H3. The van der Waals surface area contributed by atoms with Crippen LogP contribution in [-0.2, 0) is 10.0 Å². The summed E-state index contributed by atoms with van der Waals surface area (Å²) in [4.78, 5) is 4.91. The smallest absolute Gasteiger partial charge is 0.248 e. The molecule has 184 valence electrons. The lowest BCUT2D eigenvalue weighted by Crippen LogP contribution is -2.42. The Morgan fingerprint density at radius 1 is 1.29 bits per heavy atom. The number of hydrogen-bond donors (Lipinski definition) is 1. The van der Waals surface area contributed by atoms with Gasteiger partial charge < -0.3 is 9.84 Å². The molecule has 1 fully saturated rings. The van der Waals surface area contributed by atoms with E-state index in [0.717, 1.165) is 34.4 Å². The van der Waals surface area contributed by atoms with Gasteiger partial charge in [0.1, 0.15) is 16.4 Å². The maximum Gasteiger partial charge on any atom is 0.248 e. The van der Waals surface area contributed by atoms with Crippen LogP contribution in [0.2, 0.25) is 5.02 Å². The Labute approximate surface area is 216 Å². The molecule has 9 nitrogen and oxygen atoms in total. The zero-order valence-electron chi connectivity index (χ0n) is 19.2. The molecule has 0 bridgehead atoms. The number of halogens is 2. The summed E-state index contributed by atoms with van der Waals surface area (Å²) in [5.74, 6) is 1.18. The molecule has 35 heavy (non-hydrogen) atoms. The zero-order valence-corrected chi connectivity index (χ0v) is 22.4. The molecule has 0 spiro atoms. The third kappa shape index (κ3) is 4.57. The number of nitrogens with zero attached hydrogens (tertiary/aromatic N) is 5. The van der Waals surface area contributed by atoms with Gasteiger partial charge in [0.15, 0.2) is 11.4 Å². The Hall–Kier alpha value is -2.47. The molecule has 1 N–H and O–H groups in total. The third-order valence-corrected chi connectivity index (χ3v) is 9.20. The molecule has 3 aromatic heterocycles. The number of aromatic nitrogens is 4. The van der Waals surface area contributed by atoms with Crippen LogP contribution in [0.3, 0.4) is 0 Å². The lowest BCUT2D eigenvalue weighted by atomic mass is 10.00. The molecule has 1 atom stereocenters. The molecule has 1 saturated heterocycles. The Kier molecular flexibility index (Phi) is 6.60. The monoisotopic (exact) mass is 578 g/mol. The molecular weight excluding hydrogens is 556 g/mol. The second kappa shape index (κ2) is 9.53. The second-order valence-electron chi connectivity index (χ2n) is 8.64. The topological polar surface area (TPSA) is 106 Å². The summed E-state index contributed by atoms with van der Waals surface area (Å²) in [5.41, 5.74) is 2.59. The lowest BCUT2D eigenvalue weighted by Gasteiger charge is -2.32. The van der Waals surface area contributed by atoms with Crippen molar-refractivity contribution in [1.29, 1.82) is 0 Å².